The number of carbonyl (C=O) groups is 1. The number of nitrogens with zero attached hydrogens (tertiary/aromatic N) is 7. The fraction of sp³-hybridized carbons (Fsp3) is 0.111. The predicted molar refractivity (Wildman–Crippen MR) is 143 cm³/mol. The van der Waals surface area contributed by atoms with Crippen molar-refractivity contribution in [3.8, 4) is 40.7 Å². The Morgan fingerprint density at radius 1 is 1.03 bits per heavy atom. The third kappa shape index (κ3) is 5.12. The first kappa shape index (κ1) is 24.0. The summed E-state index contributed by atoms with van der Waals surface area (Å²) in [4.78, 5) is 20.6. The van der Waals surface area contributed by atoms with Gasteiger partial charge in [-0.3, -0.25) is 9.67 Å². The van der Waals surface area contributed by atoms with Gasteiger partial charge in [0.05, 0.1) is 35.4 Å². The molecule has 2 amide bonds. The van der Waals surface area contributed by atoms with Gasteiger partial charge in [0.15, 0.2) is 0 Å². The van der Waals surface area contributed by atoms with E-state index >= 15 is 0 Å². The van der Waals surface area contributed by atoms with Gasteiger partial charge in [0, 0.05) is 72.7 Å². The first-order valence-electron chi connectivity index (χ1n) is 11.6. The number of hydrogen-bond acceptors (Lipinski definition) is 7. The zero-order chi connectivity index (χ0) is 26.5. The first-order chi connectivity index (χ1) is 18.5. The Balaban J connectivity index is 1.25. The number of aromatic nitrogens is 6. The maximum Gasteiger partial charge on any atom is 0.319 e. The zero-order valence-corrected chi connectivity index (χ0v) is 20.4. The van der Waals surface area contributed by atoms with Crippen LogP contribution in [0, 0.1) is 23.7 Å². The quantitative estimate of drug-likeness (QED) is 0.229. The van der Waals surface area contributed by atoms with E-state index in [4.69, 9.17) is 6.42 Å². The molecule has 0 spiro atoms. The molecule has 0 saturated carbocycles. The molecule has 0 aromatic carbocycles. The fourth-order valence-corrected chi connectivity index (χ4v) is 3.94. The summed E-state index contributed by atoms with van der Waals surface area (Å²) in [7, 11) is 1.86. The summed E-state index contributed by atoms with van der Waals surface area (Å²) in [6.07, 6.45) is 17.3. The van der Waals surface area contributed by atoms with E-state index < -0.39 is 0 Å². The van der Waals surface area contributed by atoms with E-state index in [-0.39, 0.29) is 6.03 Å². The van der Waals surface area contributed by atoms with Gasteiger partial charge in [-0.05, 0) is 24.3 Å². The summed E-state index contributed by atoms with van der Waals surface area (Å²) in [6.45, 7) is 0.830. The average molecular weight is 503 g/mol. The van der Waals surface area contributed by atoms with Crippen LogP contribution in [-0.4, -0.2) is 48.5 Å². The van der Waals surface area contributed by atoms with E-state index in [1.807, 2.05) is 37.6 Å². The Labute approximate surface area is 218 Å². The highest BCUT2D eigenvalue weighted by atomic mass is 16.2. The molecular formula is C27H22N10O. The van der Waals surface area contributed by atoms with Crippen molar-refractivity contribution in [2.45, 2.75) is 0 Å². The van der Waals surface area contributed by atoms with Crippen molar-refractivity contribution in [1.82, 2.24) is 34.7 Å². The van der Waals surface area contributed by atoms with Gasteiger partial charge in [0.1, 0.15) is 11.9 Å². The number of nitriles is 1. The minimum absolute atomic E-state index is 0.363. The molecule has 0 aliphatic rings. The number of urea groups is 1. The zero-order valence-electron chi connectivity index (χ0n) is 20.4. The molecule has 3 N–H and O–H groups in total. The van der Waals surface area contributed by atoms with Crippen molar-refractivity contribution < 1.29 is 4.79 Å². The Morgan fingerprint density at radius 3 is 2.66 bits per heavy atom. The molecule has 0 bridgehead atoms. The van der Waals surface area contributed by atoms with Crippen LogP contribution in [0.15, 0.2) is 67.6 Å². The normalized spacial score (nSPS) is 10.5. The van der Waals surface area contributed by atoms with Crippen molar-refractivity contribution >= 4 is 23.1 Å². The topological polar surface area (TPSA) is 138 Å². The van der Waals surface area contributed by atoms with E-state index in [1.54, 1.807) is 40.1 Å². The highest BCUT2D eigenvalue weighted by Crippen LogP contribution is 2.31. The Morgan fingerprint density at radius 2 is 1.92 bits per heavy atom. The third-order valence-electron chi connectivity index (χ3n) is 5.72. The van der Waals surface area contributed by atoms with Gasteiger partial charge in [-0.2, -0.15) is 15.5 Å². The number of hydrogen-bond donors (Lipinski definition) is 3. The maximum atomic E-state index is 12.1. The van der Waals surface area contributed by atoms with Crippen molar-refractivity contribution in [3.63, 3.8) is 0 Å². The van der Waals surface area contributed by atoms with E-state index in [9.17, 15) is 10.1 Å². The lowest BCUT2D eigenvalue weighted by atomic mass is 10.0. The smallest absolute Gasteiger partial charge is 0.319 e. The number of rotatable bonds is 7. The van der Waals surface area contributed by atoms with Gasteiger partial charge in [0.25, 0.3) is 0 Å². The van der Waals surface area contributed by atoms with Crippen molar-refractivity contribution in [2.75, 3.05) is 23.7 Å². The van der Waals surface area contributed by atoms with Crippen LogP contribution in [0.1, 0.15) is 11.1 Å². The number of pyridine rings is 3. The van der Waals surface area contributed by atoms with Gasteiger partial charge in [0.2, 0.25) is 0 Å². The lowest BCUT2D eigenvalue weighted by Gasteiger charge is -2.11. The molecule has 11 heteroatoms. The van der Waals surface area contributed by atoms with Crippen LogP contribution in [0.5, 0.6) is 0 Å². The second-order valence-electron chi connectivity index (χ2n) is 8.35. The molecule has 5 aromatic rings. The van der Waals surface area contributed by atoms with Crippen molar-refractivity contribution in [1.29, 1.82) is 5.26 Å². The fourth-order valence-electron chi connectivity index (χ4n) is 3.94. The molecule has 0 atom stereocenters. The van der Waals surface area contributed by atoms with Gasteiger partial charge >= 0.3 is 6.03 Å². The summed E-state index contributed by atoms with van der Waals surface area (Å²) >= 11 is 0. The van der Waals surface area contributed by atoms with E-state index in [1.165, 1.54) is 6.20 Å². The number of anilines is 2. The SMILES string of the molecule is C#Cc1cncc(NC(=O)NCCNc2ccc(-c3cc(-c4cnn(C)c4)cn4ncc(C#N)c34)cn2)c1. The molecule has 5 heterocycles. The Hall–Kier alpha value is -5.68. The molecule has 0 radical (unpaired) electrons. The van der Waals surface area contributed by atoms with Gasteiger partial charge in [-0.1, -0.05) is 5.92 Å². The summed E-state index contributed by atoms with van der Waals surface area (Å²) in [5.41, 5.74) is 5.81. The number of fused-ring (bicyclic) bond motifs is 1. The lowest BCUT2D eigenvalue weighted by molar-refractivity contribution is 0.252. The number of nitrogens with one attached hydrogen (secondary N) is 3. The standard InChI is InChI=1S/C27H22N10O/c1-3-18-8-23(15-29-11-18)35-27(38)31-7-6-30-25-5-4-19(12-32-25)24-9-20(22-14-33-36(2)16-22)17-37-26(24)21(10-28)13-34-37/h1,4-5,8-9,11-17H,6-7H2,2H3,(H,30,32)(H2,31,35,38). The predicted octanol–water partition coefficient (Wildman–Crippen LogP) is 3.28. The number of aryl methyl sites for hydroxylation is 1. The summed E-state index contributed by atoms with van der Waals surface area (Å²) in [6, 6.07) is 9.31. The number of amides is 2. The van der Waals surface area contributed by atoms with Crippen LogP contribution in [-0.2, 0) is 7.05 Å². The molecule has 38 heavy (non-hydrogen) atoms. The Kier molecular flexibility index (Phi) is 6.65. The monoisotopic (exact) mass is 502 g/mol. The highest BCUT2D eigenvalue weighted by molar-refractivity contribution is 5.89. The second kappa shape index (κ2) is 10.5. The van der Waals surface area contributed by atoms with Crippen LogP contribution in [0.25, 0.3) is 27.8 Å². The van der Waals surface area contributed by atoms with E-state index in [0.717, 1.165) is 22.3 Å². The average Bonchev–Trinajstić information content (AvgIpc) is 3.57. The molecule has 5 rings (SSSR count). The summed E-state index contributed by atoms with van der Waals surface area (Å²) in [5, 5.41) is 26.9. The highest BCUT2D eigenvalue weighted by Gasteiger charge is 2.15. The molecule has 0 aliphatic heterocycles. The Bertz CT molecular complexity index is 1700. The molecule has 11 nitrogen and oxygen atoms in total. The maximum absolute atomic E-state index is 12.1. The van der Waals surface area contributed by atoms with Crippen LogP contribution < -0.4 is 16.0 Å². The molecule has 186 valence electrons. The molecular weight excluding hydrogens is 480 g/mol. The van der Waals surface area contributed by atoms with E-state index in [0.29, 0.717) is 41.2 Å². The van der Waals surface area contributed by atoms with Crippen molar-refractivity contribution in [3.05, 3.63) is 78.8 Å². The summed E-state index contributed by atoms with van der Waals surface area (Å²) < 4.78 is 3.44. The van der Waals surface area contributed by atoms with Gasteiger partial charge in [-0.15, -0.1) is 6.42 Å². The lowest BCUT2D eigenvalue weighted by Crippen LogP contribution is -2.32. The van der Waals surface area contributed by atoms with Crippen LogP contribution in [0.4, 0.5) is 16.3 Å². The third-order valence-corrected chi connectivity index (χ3v) is 5.72. The van der Waals surface area contributed by atoms with Crippen LogP contribution in [0.3, 0.4) is 0 Å². The largest absolute Gasteiger partial charge is 0.368 e. The van der Waals surface area contributed by atoms with Crippen LogP contribution in [0.2, 0.25) is 0 Å². The number of terminal acetylenes is 1. The van der Waals surface area contributed by atoms with Crippen LogP contribution >= 0.6 is 0 Å². The first-order valence-corrected chi connectivity index (χ1v) is 11.6. The molecule has 0 aliphatic carbocycles. The second-order valence-corrected chi connectivity index (χ2v) is 8.35. The molecule has 0 fully saturated rings. The van der Waals surface area contributed by atoms with Gasteiger partial charge in [-0.25, -0.2) is 14.3 Å². The minimum atomic E-state index is -0.363. The van der Waals surface area contributed by atoms with Crippen molar-refractivity contribution in [2.24, 2.45) is 7.05 Å². The molecule has 0 saturated heterocycles. The van der Waals surface area contributed by atoms with Gasteiger partial charge < -0.3 is 16.0 Å². The van der Waals surface area contributed by atoms with E-state index in [2.05, 4.69) is 48.1 Å². The summed E-state index contributed by atoms with van der Waals surface area (Å²) in [5.74, 6) is 3.12. The minimum Gasteiger partial charge on any atom is -0.368 e. The molecule has 0 unspecified atom stereocenters. The number of carbonyl (C=O) groups excluding carboxylic acids is 1. The molecule has 5 aromatic heterocycles.